The van der Waals surface area contributed by atoms with Crippen LogP contribution in [0.25, 0.3) is 0 Å². The lowest BCUT2D eigenvalue weighted by Gasteiger charge is -2.26. The van der Waals surface area contributed by atoms with Crippen molar-refractivity contribution in [1.82, 2.24) is 14.5 Å². The normalized spacial score (nSPS) is 19.3. The second kappa shape index (κ2) is 9.34. The van der Waals surface area contributed by atoms with Crippen LogP contribution in [-0.4, -0.2) is 76.0 Å². The maximum absolute atomic E-state index is 12.8. The van der Waals surface area contributed by atoms with Crippen LogP contribution in [0.4, 0.5) is 0 Å². The Morgan fingerprint density at radius 1 is 1.15 bits per heavy atom. The maximum atomic E-state index is 12.8. The third-order valence-electron chi connectivity index (χ3n) is 4.92. The number of halogens is 1. The van der Waals surface area contributed by atoms with E-state index in [2.05, 4.69) is 10.2 Å². The number of amides is 1. The molecule has 1 aromatic rings. The molecule has 2 fully saturated rings. The minimum absolute atomic E-state index is 0.00651. The van der Waals surface area contributed by atoms with Gasteiger partial charge in [0.25, 0.3) is 5.91 Å². The van der Waals surface area contributed by atoms with E-state index in [0.29, 0.717) is 25.2 Å². The van der Waals surface area contributed by atoms with Crippen molar-refractivity contribution < 1.29 is 17.9 Å². The van der Waals surface area contributed by atoms with Crippen molar-refractivity contribution in [3.05, 3.63) is 28.8 Å². The Labute approximate surface area is 165 Å². The summed E-state index contributed by atoms with van der Waals surface area (Å²) < 4.78 is 32.3. The van der Waals surface area contributed by atoms with Crippen molar-refractivity contribution in [2.24, 2.45) is 0 Å². The number of nitrogens with zero attached hydrogens (tertiary/aromatic N) is 2. The van der Waals surface area contributed by atoms with E-state index in [1.54, 1.807) is 6.07 Å². The van der Waals surface area contributed by atoms with Crippen LogP contribution < -0.4 is 5.32 Å². The molecule has 2 aliphatic rings. The van der Waals surface area contributed by atoms with Crippen molar-refractivity contribution in [2.45, 2.75) is 24.2 Å². The van der Waals surface area contributed by atoms with Gasteiger partial charge in [-0.25, -0.2) is 8.42 Å². The van der Waals surface area contributed by atoms with Gasteiger partial charge in [-0.15, -0.1) is 0 Å². The minimum Gasteiger partial charge on any atom is -0.379 e. The summed E-state index contributed by atoms with van der Waals surface area (Å²) in [6.45, 7) is 5.78. The summed E-state index contributed by atoms with van der Waals surface area (Å²) in [4.78, 5) is 14.7. The molecule has 0 aliphatic carbocycles. The Bertz CT molecular complexity index is 760. The van der Waals surface area contributed by atoms with Gasteiger partial charge in [-0.1, -0.05) is 11.6 Å². The molecule has 2 heterocycles. The number of carbonyl (C=O) groups is 1. The number of ether oxygens (including phenoxy) is 1. The van der Waals surface area contributed by atoms with Crippen molar-refractivity contribution in [2.75, 3.05) is 52.5 Å². The molecule has 2 saturated heterocycles. The lowest BCUT2D eigenvalue weighted by molar-refractivity contribution is 0.0374. The van der Waals surface area contributed by atoms with Gasteiger partial charge < -0.3 is 10.1 Å². The van der Waals surface area contributed by atoms with Gasteiger partial charge in [-0.05, 0) is 44.0 Å². The number of benzene rings is 1. The molecule has 0 spiro atoms. The predicted molar refractivity (Wildman–Crippen MR) is 104 cm³/mol. The van der Waals surface area contributed by atoms with Gasteiger partial charge in [0.05, 0.1) is 18.2 Å². The van der Waals surface area contributed by atoms with E-state index >= 15 is 0 Å². The highest BCUT2D eigenvalue weighted by molar-refractivity contribution is 7.89. The standard InChI is InChI=1S/C18H26ClN3O4S/c19-16-5-4-15(14-17(16)27(24,25)22-8-1-2-9-22)18(23)20-6-3-7-21-10-12-26-13-11-21/h4-5,14H,1-3,6-13H2,(H,20,23). The average Bonchev–Trinajstić information content (AvgIpc) is 3.22. The Balaban J connectivity index is 1.58. The molecule has 0 radical (unpaired) electrons. The molecule has 150 valence electrons. The molecule has 3 rings (SSSR count). The molecule has 0 bridgehead atoms. The van der Waals surface area contributed by atoms with Gasteiger partial charge in [0, 0.05) is 38.3 Å². The molecule has 0 atom stereocenters. The van der Waals surface area contributed by atoms with E-state index in [-0.39, 0.29) is 15.8 Å². The first-order valence-corrected chi connectivity index (χ1v) is 11.2. The molecule has 1 N–H and O–H groups in total. The molecule has 0 unspecified atom stereocenters. The summed E-state index contributed by atoms with van der Waals surface area (Å²) in [7, 11) is -3.66. The van der Waals surface area contributed by atoms with Crippen LogP contribution in [0, 0.1) is 0 Å². The number of rotatable bonds is 7. The molecule has 7 nitrogen and oxygen atoms in total. The quantitative estimate of drug-likeness (QED) is 0.684. The number of hydrogen-bond donors (Lipinski definition) is 1. The molecule has 1 amide bonds. The van der Waals surface area contributed by atoms with E-state index in [1.165, 1.54) is 16.4 Å². The highest BCUT2D eigenvalue weighted by Crippen LogP contribution is 2.28. The predicted octanol–water partition coefficient (Wildman–Crippen LogP) is 1.58. The summed E-state index contributed by atoms with van der Waals surface area (Å²) >= 11 is 6.12. The van der Waals surface area contributed by atoms with Crippen molar-refractivity contribution >= 4 is 27.5 Å². The summed E-state index contributed by atoms with van der Waals surface area (Å²) in [5.74, 6) is -0.286. The molecule has 0 saturated carbocycles. The van der Waals surface area contributed by atoms with E-state index in [0.717, 1.165) is 52.1 Å². The minimum atomic E-state index is -3.66. The lowest BCUT2D eigenvalue weighted by Crippen LogP contribution is -2.38. The molecule has 1 aromatic carbocycles. The van der Waals surface area contributed by atoms with Gasteiger partial charge in [0.15, 0.2) is 0 Å². The molecule has 27 heavy (non-hydrogen) atoms. The topological polar surface area (TPSA) is 79.0 Å². The Kier molecular flexibility index (Phi) is 7.10. The number of nitrogens with one attached hydrogen (secondary N) is 1. The zero-order valence-electron chi connectivity index (χ0n) is 15.3. The van der Waals surface area contributed by atoms with Crippen molar-refractivity contribution in [3.63, 3.8) is 0 Å². The summed E-state index contributed by atoms with van der Waals surface area (Å²) in [5, 5.41) is 3.00. The highest BCUT2D eigenvalue weighted by atomic mass is 35.5. The van der Waals surface area contributed by atoms with Crippen molar-refractivity contribution in [1.29, 1.82) is 0 Å². The fraction of sp³-hybridized carbons (Fsp3) is 0.611. The third kappa shape index (κ3) is 5.20. The largest absolute Gasteiger partial charge is 0.379 e. The summed E-state index contributed by atoms with van der Waals surface area (Å²) in [5.41, 5.74) is 0.309. The SMILES string of the molecule is O=C(NCCCN1CCOCC1)c1ccc(Cl)c(S(=O)(=O)N2CCCC2)c1. The zero-order valence-corrected chi connectivity index (χ0v) is 16.9. The number of carbonyl (C=O) groups excluding carboxylic acids is 1. The van der Waals surface area contributed by atoms with Crippen LogP contribution in [0.2, 0.25) is 5.02 Å². The van der Waals surface area contributed by atoms with Gasteiger partial charge in [0.2, 0.25) is 10.0 Å². The van der Waals surface area contributed by atoms with Gasteiger partial charge in [0.1, 0.15) is 4.90 Å². The zero-order chi connectivity index (χ0) is 19.3. The first kappa shape index (κ1) is 20.5. The number of hydrogen-bond acceptors (Lipinski definition) is 5. The lowest BCUT2D eigenvalue weighted by atomic mass is 10.2. The summed E-state index contributed by atoms with van der Waals surface area (Å²) in [6, 6.07) is 4.42. The Hall–Kier alpha value is -1.19. The second-order valence-electron chi connectivity index (χ2n) is 6.82. The Morgan fingerprint density at radius 2 is 1.85 bits per heavy atom. The van der Waals surface area contributed by atoms with Crippen molar-refractivity contribution in [3.8, 4) is 0 Å². The van der Waals surface area contributed by atoms with Crippen LogP contribution in [0.15, 0.2) is 23.1 Å². The first-order valence-electron chi connectivity index (χ1n) is 9.36. The number of morpholine rings is 1. The van der Waals surface area contributed by atoms with Crippen LogP contribution in [-0.2, 0) is 14.8 Å². The average molecular weight is 416 g/mol. The monoisotopic (exact) mass is 415 g/mol. The first-order chi connectivity index (χ1) is 13.0. The van der Waals surface area contributed by atoms with E-state index in [9.17, 15) is 13.2 Å². The molecular formula is C18H26ClN3O4S. The van der Waals surface area contributed by atoms with Crippen LogP contribution in [0.5, 0.6) is 0 Å². The highest BCUT2D eigenvalue weighted by Gasteiger charge is 2.29. The van der Waals surface area contributed by atoms with Crippen LogP contribution >= 0.6 is 11.6 Å². The maximum Gasteiger partial charge on any atom is 0.251 e. The van der Waals surface area contributed by atoms with Gasteiger partial charge in [-0.2, -0.15) is 4.31 Å². The molecule has 0 aromatic heterocycles. The fourth-order valence-corrected chi connectivity index (χ4v) is 5.36. The molecular weight excluding hydrogens is 390 g/mol. The van der Waals surface area contributed by atoms with Gasteiger partial charge >= 0.3 is 0 Å². The smallest absolute Gasteiger partial charge is 0.251 e. The Morgan fingerprint density at radius 3 is 2.56 bits per heavy atom. The molecule has 2 aliphatic heterocycles. The second-order valence-corrected chi connectivity index (χ2v) is 9.13. The van der Waals surface area contributed by atoms with Crippen LogP contribution in [0.1, 0.15) is 29.6 Å². The fourth-order valence-electron chi connectivity index (χ4n) is 3.34. The summed E-state index contributed by atoms with van der Waals surface area (Å²) in [6.07, 6.45) is 2.53. The number of sulfonamides is 1. The molecule has 9 heteroatoms. The van der Waals surface area contributed by atoms with Crippen LogP contribution in [0.3, 0.4) is 0 Å². The van der Waals surface area contributed by atoms with Gasteiger partial charge in [-0.3, -0.25) is 9.69 Å². The van der Waals surface area contributed by atoms with E-state index in [4.69, 9.17) is 16.3 Å². The van der Waals surface area contributed by atoms with E-state index < -0.39 is 10.0 Å². The third-order valence-corrected chi connectivity index (χ3v) is 7.30. The van der Waals surface area contributed by atoms with E-state index in [1.807, 2.05) is 0 Å².